The minimum atomic E-state index is -1.64. The van der Waals surface area contributed by atoms with Crippen LogP contribution in [0.1, 0.15) is 75.5 Å². The zero-order valence-corrected chi connectivity index (χ0v) is 41.3. The van der Waals surface area contributed by atoms with Crippen molar-refractivity contribution in [2.75, 3.05) is 19.6 Å². The van der Waals surface area contributed by atoms with Crippen molar-refractivity contribution >= 4 is 59.1 Å². The van der Waals surface area contributed by atoms with Crippen molar-refractivity contribution in [2.45, 2.75) is 126 Å². The fourth-order valence-electron chi connectivity index (χ4n) is 9.47. The SMILES string of the molecule is CC(C)[C@@H]1NC(=O)[C@H](CC(N)=O)NC(=O)[C@H](Cc2ccccc2)NC(=O)[C@H](Cc2ccccc2)NC(=O)[C@H](CCCN=C(N)N)NC(=O)[C@@H]2CCCN2C(=O)[C@H]2CCCN2C(=O)[C@H](Cc2ccccc2)NC1=O. The van der Waals surface area contributed by atoms with Crippen LogP contribution in [0.25, 0.3) is 0 Å². The van der Waals surface area contributed by atoms with Gasteiger partial charge in [0, 0.05) is 38.9 Å². The van der Waals surface area contributed by atoms with Gasteiger partial charge in [0.05, 0.1) is 6.42 Å². The van der Waals surface area contributed by atoms with Gasteiger partial charge in [-0.05, 0) is 61.1 Å². The van der Waals surface area contributed by atoms with E-state index in [-0.39, 0.29) is 70.5 Å². The number of carbonyl (C=O) groups is 9. The normalized spacial score (nSPS) is 25.0. The molecule has 21 heteroatoms. The summed E-state index contributed by atoms with van der Waals surface area (Å²) in [4.78, 5) is 136. The Balaban J connectivity index is 1.42. The number of hydrogen-bond donors (Lipinski definition) is 9. The maximum Gasteiger partial charge on any atom is 0.246 e. The molecule has 0 radical (unpaired) electrons. The van der Waals surface area contributed by atoms with Crippen LogP contribution in [0.3, 0.4) is 0 Å². The summed E-state index contributed by atoms with van der Waals surface area (Å²) < 4.78 is 0. The fourth-order valence-corrected chi connectivity index (χ4v) is 9.47. The third-order valence-electron chi connectivity index (χ3n) is 13.3. The minimum Gasteiger partial charge on any atom is -0.370 e. The van der Waals surface area contributed by atoms with E-state index < -0.39 is 114 Å². The molecule has 3 fully saturated rings. The molecule has 21 nitrogen and oxygen atoms in total. The van der Waals surface area contributed by atoms with Crippen molar-refractivity contribution in [1.82, 2.24) is 41.7 Å². The first kappa shape index (κ1) is 54.5. The second-order valence-electron chi connectivity index (χ2n) is 19.1. The second kappa shape index (κ2) is 26.0. The second-order valence-corrected chi connectivity index (χ2v) is 19.1. The summed E-state index contributed by atoms with van der Waals surface area (Å²) >= 11 is 0. The van der Waals surface area contributed by atoms with Crippen molar-refractivity contribution in [3.63, 3.8) is 0 Å². The molecular weight excluding hydrogens is 937 g/mol. The lowest BCUT2D eigenvalue weighted by Crippen LogP contribution is -2.62. The highest BCUT2D eigenvalue weighted by Crippen LogP contribution is 2.27. The molecule has 3 aromatic carbocycles. The van der Waals surface area contributed by atoms with Crippen LogP contribution in [0, 0.1) is 5.92 Å². The Morgan fingerprint density at radius 2 is 0.959 bits per heavy atom. The van der Waals surface area contributed by atoms with Crippen molar-refractivity contribution in [1.29, 1.82) is 0 Å². The predicted octanol–water partition coefficient (Wildman–Crippen LogP) is -0.796. The Labute approximate surface area is 424 Å². The van der Waals surface area contributed by atoms with Crippen LogP contribution in [-0.2, 0) is 62.4 Å². The van der Waals surface area contributed by atoms with Gasteiger partial charge in [-0.15, -0.1) is 0 Å². The Bertz CT molecular complexity index is 2470. The molecule has 3 aliphatic rings. The van der Waals surface area contributed by atoms with Crippen molar-refractivity contribution in [2.24, 2.45) is 28.1 Å². The van der Waals surface area contributed by atoms with Gasteiger partial charge in [0.15, 0.2) is 5.96 Å². The fraction of sp³-hybridized carbons (Fsp3) is 0.462. The molecule has 3 saturated heterocycles. The van der Waals surface area contributed by atoms with Crippen LogP contribution in [0.15, 0.2) is 96.0 Å². The van der Waals surface area contributed by atoms with Crippen LogP contribution in [0.5, 0.6) is 0 Å². The monoisotopic (exact) mass is 1000 g/mol. The zero-order chi connectivity index (χ0) is 52.6. The third-order valence-corrected chi connectivity index (χ3v) is 13.3. The molecule has 6 rings (SSSR count). The number of benzene rings is 3. The molecule has 390 valence electrons. The topological polar surface area (TPSA) is 323 Å². The standard InChI is InChI=1S/C52H68N12O9/c1-31(2)43-49(71)61-39(29-34-19-10-5-11-20-34)50(72)64-26-14-23-41(64)51(73)63-25-13-22-40(63)48(70)57-35(21-12-24-56-52(54)55)44(66)58-36(27-32-15-6-3-7-16-32)45(67)59-37(28-33-17-8-4-9-18-33)46(68)60-38(30-42(53)65)47(69)62-43/h3-11,15-20,31,35-41,43H,12-14,21-30H2,1-2H3,(H2,53,65)(H,57,70)(H,58,66)(H,59,67)(H,60,68)(H,61,71)(H,62,69)(H4,54,55,56)/t35-,36-,37-,38-,39-,40-,41+,43-/m0/s1. The first-order valence-electron chi connectivity index (χ1n) is 24.9. The van der Waals surface area contributed by atoms with Gasteiger partial charge in [-0.2, -0.15) is 0 Å². The van der Waals surface area contributed by atoms with E-state index in [9.17, 15) is 43.2 Å². The van der Waals surface area contributed by atoms with Gasteiger partial charge in [0.2, 0.25) is 53.2 Å². The van der Waals surface area contributed by atoms with E-state index in [1.807, 2.05) is 0 Å². The van der Waals surface area contributed by atoms with Crippen LogP contribution in [0.2, 0.25) is 0 Å². The minimum absolute atomic E-state index is 0.00808. The van der Waals surface area contributed by atoms with Gasteiger partial charge >= 0.3 is 0 Å². The zero-order valence-electron chi connectivity index (χ0n) is 41.3. The maximum absolute atomic E-state index is 14.8. The maximum atomic E-state index is 14.8. The Kier molecular flexibility index (Phi) is 19.4. The van der Waals surface area contributed by atoms with Gasteiger partial charge in [0.1, 0.15) is 48.3 Å². The summed E-state index contributed by atoms with van der Waals surface area (Å²) in [5, 5.41) is 16.5. The molecule has 0 aliphatic carbocycles. The van der Waals surface area contributed by atoms with Crippen LogP contribution >= 0.6 is 0 Å². The summed E-state index contributed by atoms with van der Waals surface area (Å²) in [6.07, 6.45) is 0.834. The number of primary amides is 1. The molecule has 0 saturated carbocycles. The average Bonchev–Trinajstić information content (AvgIpc) is 4.07. The smallest absolute Gasteiger partial charge is 0.246 e. The predicted molar refractivity (Wildman–Crippen MR) is 270 cm³/mol. The van der Waals surface area contributed by atoms with Gasteiger partial charge in [-0.1, -0.05) is 105 Å². The largest absolute Gasteiger partial charge is 0.370 e. The molecule has 9 amide bonds. The molecule has 0 spiro atoms. The molecule has 3 aliphatic heterocycles. The number of nitrogens with two attached hydrogens (primary N) is 3. The first-order valence-corrected chi connectivity index (χ1v) is 24.9. The number of rotatable bonds is 13. The Morgan fingerprint density at radius 3 is 1.45 bits per heavy atom. The number of carbonyl (C=O) groups excluding carboxylic acids is 9. The molecule has 3 aromatic rings. The Hall–Kier alpha value is -7.84. The quantitative estimate of drug-likeness (QED) is 0.0580. The van der Waals surface area contributed by atoms with Gasteiger partial charge in [-0.25, -0.2) is 0 Å². The molecule has 8 atom stereocenters. The van der Waals surface area contributed by atoms with Gasteiger partial charge in [0.25, 0.3) is 0 Å². The Morgan fingerprint density at radius 1 is 0.534 bits per heavy atom. The van der Waals surface area contributed by atoms with E-state index in [1.165, 1.54) is 9.80 Å². The lowest BCUT2D eigenvalue weighted by atomic mass is 9.99. The van der Waals surface area contributed by atoms with Gasteiger partial charge < -0.3 is 58.9 Å². The number of fused-ring (bicyclic) bond motifs is 2. The molecule has 3 heterocycles. The summed E-state index contributed by atoms with van der Waals surface area (Å²) in [7, 11) is 0. The summed E-state index contributed by atoms with van der Waals surface area (Å²) in [5.41, 5.74) is 18.7. The molecule has 73 heavy (non-hydrogen) atoms. The van der Waals surface area contributed by atoms with Crippen LogP contribution in [-0.4, -0.2) is 137 Å². The average molecular weight is 1010 g/mol. The molecular formula is C52H68N12O9. The summed E-state index contributed by atoms with van der Waals surface area (Å²) in [5.74, 6) is -7.50. The van der Waals surface area contributed by atoms with Crippen LogP contribution in [0.4, 0.5) is 0 Å². The van der Waals surface area contributed by atoms with E-state index in [0.717, 1.165) is 0 Å². The number of nitrogens with one attached hydrogen (secondary N) is 6. The third kappa shape index (κ3) is 15.3. The highest BCUT2D eigenvalue weighted by atomic mass is 16.2. The van der Waals surface area contributed by atoms with E-state index in [1.54, 1.807) is 105 Å². The number of guanidine groups is 1. The van der Waals surface area contributed by atoms with E-state index in [0.29, 0.717) is 29.5 Å². The summed E-state index contributed by atoms with van der Waals surface area (Å²) in [6.45, 7) is 3.81. The van der Waals surface area contributed by atoms with Crippen LogP contribution < -0.4 is 49.1 Å². The molecule has 0 unspecified atom stereocenters. The lowest BCUT2D eigenvalue weighted by Gasteiger charge is -2.34. The number of amides is 9. The first-order chi connectivity index (χ1) is 35.0. The van der Waals surface area contributed by atoms with E-state index in [4.69, 9.17) is 17.2 Å². The summed E-state index contributed by atoms with van der Waals surface area (Å²) in [6, 6.07) is 16.2. The molecule has 12 N–H and O–H groups in total. The number of nitrogens with zero attached hydrogens (tertiary/aromatic N) is 3. The van der Waals surface area contributed by atoms with E-state index >= 15 is 0 Å². The van der Waals surface area contributed by atoms with Crippen molar-refractivity contribution in [3.05, 3.63) is 108 Å². The molecule has 0 aromatic heterocycles. The van der Waals surface area contributed by atoms with Crippen molar-refractivity contribution in [3.8, 4) is 0 Å². The van der Waals surface area contributed by atoms with Crippen molar-refractivity contribution < 1.29 is 43.2 Å². The van der Waals surface area contributed by atoms with E-state index in [2.05, 4.69) is 36.9 Å². The highest BCUT2D eigenvalue weighted by molar-refractivity contribution is 6.00. The number of hydrogen-bond acceptors (Lipinski definition) is 10. The molecule has 0 bridgehead atoms. The van der Waals surface area contributed by atoms with Gasteiger partial charge in [-0.3, -0.25) is 48.1 Å². The lowest BCUT2D eigenvalue weighted by molar-refractivity contribution is -0.148. The number of aliphatic imine (C=N–C) groups is 1. The highest BCUT2D eigenvalue weighted by Gasteiger charge is 2.45.